The van der Waals surface area contributed by atoms with Crippen LogP contribution in [-0.2, 0) is 6.42 Å². The minimum atomic E-state index is -0.460. The van der Waals surface area contributed by atoms with Crippen LogP contribution < -0.4 is 5.73 Å². The maximum absolute atomic E-state index is 13.6. The summed E-state index contributed by atoms with van der Waals surface area (Å²) in [5.41, 5.74) is 5.74. The van der Waals surface area contributed by atoms with Gasteiger partial charge in [0.1, 0.15) is 17.5 Å². The molecule has 1 aliphatic heterocycles. The zero-order valence-electron chi connectivity index (χ0n) is 12.9. The molecule has 3 N–H and O–H groups in total. The molecule has 2 aromatic rings. The third kappa shape index (κ3) is 3.85. The Hall–Kier alpha value is -2.02. The topological polar surface area (TPSA) is 70.8 Å². The largest absolute Gasteiger partial charge is 0.367 e. The number of anilines is 1. The van der Waals surface area contributed by atoms with Gasteiger partial charge in [0.15, 0.2) is 0 Å². The SMILES string of the molecule is Nc1n[nH]c([C@@H]2CCCN(CCCc3c(F)cccc3F)C2)n1. The Morgan fingerprint density at radius 3 is 2.78 bits per heavy atom. The molecule has 1 aromatic heterocycles. The van der Waals surface area contributed by atoms with Crippen LogP contribution in [0.15, 0.2) is 18.2 Å². The van der Waals surface area contributed by atoms with Gasteiger partial charge in [-0.2, -0.15) is 4.98 Å². The van der Waals surface area contributed by atoms with E-state index in [1.807, 2.05) is 0 Å². The van der Waals surface area contributed by atoms with E-state index in [1.165, 1.54) is 18.2 Å². The van der Waals surface area contributed by atoms with Crippen molar-refractivity contribution < 1.29 is 8.78 Å². The van der Waals surface area contributed by atoms with Crippen molar-refractivity contribution >= 4 is 5.95 Å². The van der Waals surface area contributed by atoms with Crippen molar-refractivity contribution in [2.24, 2.45) is 0 Å². The van der Waals surface area contributed by atoms with Crippen molar-refractivity contribution in [3.05, 3.63) is 41.2 Å². The van der Waals surface area contributed by atoms with Gasteiger partial charge in [-0.3, -0.25) is 5.10 Å². The molecule has 0 bridgehead atoms. The number of aromatic nitrogens is 3. The van der Waals surface area contributed by atoms with Crippen LogP contribution in [-0.4, -0.2) is 39.7 Å². The van der Waals surface area contributed by atoms with Gasteiger partial charge in [0.25, 0.3) is 0 Å². The second-order valence-electron chi connectivity index (χ2n) is 6.02. The van der Waals surface area contributed by atoms with E-state index in [9.17, 15) is 8.78 Å². The fourth-order valence-corrected chi connectivity index (χ4v) is 3.20. The number of nitrogens with two attached hydrogens (primary N) is 1. The Morgan fingerprint density at radius 1 is 1.30 bits per heavy atom. The summed E-state index contributed by atoms with van der Waals surface area (Å²) in [5, 5.41) is 6.76. The number of aromatic amines is 1. The second kappa shape index (κ2) is 7.04. The van der Waals surface area contributed by atoms with Crippen LogP contribution in [0.2, 0.25) is 0 Å². The molecule has 0 unspecified atom stereocenters. The van der Waals surface area contributed by atoms with E-state index >= 15 is 0 Å². The molecule has 124 valence electrons. The Bertz CT molecular complexity index is 637. The summed E-state index contributed by atoms with van der Waals surface area (Å²) in [4.78, 5) is 6.52. The highest BCUT2D eigenvalue weighted by Gasteiger charge is 2.23. The van der Waals surface area contributed by atoms with E-state index in [-0.39, 0.29) is 11.5 Å². The normalized spacial score (nSPS) is 19.1. The first-order valence-corrected chi connectivity index (χ1v) is 7.96. The quantitative estimate of drug-likeness (QED) is 0.887. The van der Waals surface area contributed by atoms with Gasteiger partial charge in [-0.1, -0.05) is 6.07 Å². The van der Waals surface area contributed by atoms with Crippen LogP contribution in [0, 0.1) is 11.6 Å². The number of nitrogen functional groups attached to an aromatic ring is 1. The lowest BCUT2D eigenvalue weighted by Gasteiger charge is -2.31. The highest BCUT2D eigenvalue weighted by atomic mass is 19.1. The lowest BCUT2D eigenvalue weighted by Crippen LogP contribution is -2.35. The molecule has 3 rings (SSSR count). The van der Waals surface area contributed by atoms with Crippen molar-refractivity contribution in [3.63, 3.8) is 0 Å². The molecule has 2 heterocycles. The van der Waals surface area contributed by atoms with Crippen LogP contribution in [0.1, 0.15) is 36.6 Å². The average molecular weight is 321 g/mol. The third-order valence-corrected chi connectivity index (χ3v) is 4.38. The first kappa shape index (κ1) is 15.9. The minimum absolute atomic E-state index is 0.184. The van der Waals surface area contributed by atoms with E-state index in [0.29, 0.717) is 12.3 Å². The number of H-pyrrole nitrogens is 1. The lowest BCUT2D eigenvalue weighted by atomic mass is 9.97. The van der Waals surface area contributed by atoms with Crippen LogP contribution in [0.5, 0.6) is 0 Å². The molecule has 0 radical (unpaired) electrons. The Morgan fingerprint density at radius 2 is 2.09 bits per heavy atom. The summed E-state index contributed by atoms with van der Waals surface area (Å²) >= 11 is 0. The molecule has 0 saturated carbocycles. The Balaban J connectivity index is 1.52. The van der Waals surface area contributed by atoms with Gasteiger partial charge in [-0.15, -0.1) is 5.10 Å². The third-order valence-electron chi connectivity index (χ3n) is 4.38. The first-order chi connectivity index (χ1) is 11.1. The molecule has 23 heavy (non-hydrogen) atoms. The summed E-state index contributed by atoms with van der Waals surface area (Å²) in [6, 6.07) is 4.01. The molecule has 5 nitrogen and oxygen atoms in total. The number of hydrogen-bond donors (Lipinski definition) is 2. The van der Waals surface area contributed by atoms with Gasteiger partial charge in [0.05, 0.1) is 0 Å². The maximum atomic E-state index is 13.6. The van der Waals surface area contributed by atoms with Gasteiger partial charge in [-0.25, -0.2) is 8.78 Å². The Kier molecular flexibility index (Phi) is 4.85. The van der Waals surface area contributed by atoms with E-state index in [1.54, 1.807) is 0 Å². The van der Waals surface area contributed by atoms with Crippen molar-refractivity contribution in [1.82, 2.24) is 20.1 Å². The lowest BCUT2D eigenvalue weighted by molar-refractivity contribution is 0.202. The van der Waals surface area contributed by atoms with E-state index in [0.717, 1.165) is 44.7 Å². The van der Waals surface area contributed by atoms with Gasteiger partial charge < -0.3 is 10.6 Å². The van der Waals surface area contributed by atoms with Crippen molar-refractivity contribution in [1.29, 1.82) is 0 Å². The summed E-state index contributed by atoms with van der Waals surface area (Å²) in [6.07, 6.45) is 3.25. The van der Waals surface area contributed by atoms with Crippen LogP contribution >= 0.6 is 0 Å². The number of rotatable bonds is 5. The Labute approximate surface area is 133 Å². The second-order valence-corrected chi connectivity index (χ2v) is 6.02. The highest BCUT2D eigenvalue weighted by Crippen LogP contribution is 2.25. The van der Waals surface area contributed by atoms with Crippen molar-refractivity contribution in [2.75, 3.05) is 25.4 Å². The fraction of sp³-hybridized carbons (Fsp3) is 0.500. The molecular weight excluding hydrogens is 300 g/mol. The molecule has 0 aliphatic carbocycles. The molecule has 1 fully saturated rings. The molecule has 0 spiro atoms. The zero-order valence-corrected chi connectivity index (χ0v) is 12.9. The van der Waals surface area contributed by atoms with E-state index < -0.39 is 11.6 Å². The first-order valence-electron chi connectivity index (χ1n) is 7.96. The van der Waals surface area contributed by atoms with Crippen molar-refractivity contribution in [3.8, 4) is 0 Å². The number of halogens is 2. The minimum Gasteiger partial charge on any atom is -0.367 e. The maximum Gasteiger partial charge on any atom is 0.239 e. The van der Waals surface area contributed by atoms with Crippen LogP contribution in [0.3, 0.4) is 0 Å². The molecule has 1 saturated heterocycles. The molecule has 1 aliphatic rings. The summed E-state index contributed by atoms with van der Waals surface area (Å²) < 4.78 is 27.2. The molecule has 7 heteroatoms. The van der Waals surface area contributed by atoms with Gasteiger partial charge in [0.2, 0.25) is 5.95 Å². The number of piperidine rings is 1. The standard InChI is InChI=1S/C16H21F2N5/c17-13-6-1-7-14(18)12(13)5-3-9-23-8-2-4-11(10-23)15-20-16(19)22-21-15/h1,6-7,11H,2-5,8-10H2,(H3,19,20,21,22)/t11-/m1/s1. The summed E-state index contributed by atoms with van der Waals surface area (Å²) in [5.74, 6) is 0.468. The molecule has 1 aromatic carbocycles. The van der Waals surface area contributed by atoms with Crippen LogP contribution in [0.4, 0.5) is 14.7 Å². The number of hydrogen-bond acceptors (Lipinski definition) is 4. The smallest absolute Gasteiger partial charge is 0.239 e. The van der Waals surface area contributed by atoms with Crippen molar-refractivity contribution in [2.45, 2.75) is 31.6 Å². The summed E-state index contributed by atoms with van der Waals surface area (Å²) in [7, 11) is 0. The van der Waals surface area contributed by atoms with Gasteiger partial charge >= 0.3 is 0 Å². The van der Waals surface area contributed by atoms with Gasteiger partial charge in [-0.05, 0) is 50.9 Å². The average Bonchev–Trinajstić information content (AvgIpc) is 2.97. The van der Waals surface area contributed by atoms with E-state index in [2.05, 4.69) is 20.1 Å². The molecule has 1 atom stereocenters. The zero-order chi connectivity index (χ0) is 16.2. The van der Waals surface area contributed by atoms with Crippen LogP contribution in [0.25, 0.3) is 0 Å². The fourth-order valence-electron chi connectivity index (χ4n) is 3.20. The number of likely N-dealkylation sites (tertiary alicyclic amines) is 1. The molecular formula is C16H21F2N5. The predicted molar refractivity (Wildman–Crippen MR) is 83.9 cm³/mol. The van der Waals surface area contributed by atoms with E-state index in [4.69, 9.17) is 5.73 Å². The van der Waals surface area contributed by atoms with Gasteiger partial charge in [0, 0.05) is 18.0 Å². The highest BCUT2D eigenvalue weighted by molar-refractivity contribution is 5.19. The summed E-state index contributed by atoms with van der Waals surface area (Å²) in [6.45, 7) is 2.68. The predicted octanol–water partition coefficient (Wildman–Crippen LogP) is 2.48. The number of nitrogens with one attached hydrogen (secondary N) is 1. The number of benzene rings is 1. The molecule has 0 amide bonds. The number of nitrogens with zero attached hydrogens (tertiary/aromatic N) is 3. The monoisotopic (exact) mass is 321 g/mol.